The molecular formula is C16H23N3O. The quantitative estimate of drug-likeness (QED) is 0.871. The van der Waals surface area contributed by atoms with Crippen LogP contribution in [0.2, 0.25) is 0 Å². The molecule has 0 unspecified atom stereocenters. The predicted molar refractivity (Wildman–Crippen MR) is 81.3 cm³/mol. The van der Waals surface area contributed by atoms with Crippen molar-refractivity contribution in [2.24, 2.45) is 0 Å². The van der Waals surface area contributed by atoms with Gasteiger partial charge in [0.15, 0.2) is 0 Å². The van der Waals surface area contributed by atoms with E-state index in [2.05, 4.69) is 35.4 Å². The van der Waals surface area contributed by atoms with Gasteiger partial charge in [-0.25, -0.2) is 0 Å². The highest BCUT2D eigenvalue weighted by atomic mass is 16.1. The molecule has 0 bridgehead atoms. The first kappa shape index (κ1) is 13.6. The molecule has 2 aliphatic rings. The van der Waals surface area contributed by atoms with Gasteiger partial charge in [0.05, 0.1) is 6.42 Å². The molecule has 1 saturated heterocycles. The highest BCUT2D eigenvalue weighted by molar-refractivity contribution is 6.00. The Balaban J connectivity index is 1.80. The van der Waals surface area contributed by atoms with E-state index in [0.717, 1.165) is 44.8 Å². The lowest BCUT2D eigenvalue weighted by Crippen LogP contribution is -2.44. The van der Waals surface area contributed by atoms with Crippen molar-refractivity contribution in [2.45, 2.75) is 26.7 Å². The first-order chi connectivity index (χ1) is 9.65. The Hall–Kier alpha value is -1.39. The lowest BCUT2D eigenvalue weighted by Gasteiger charge is -2.27. The number of hydrogen-bond donors (Lipinski definition) is 2. The molecule has 1 aromatic rings. The molecule has 0 spiro atoms. The highest BCUT2D eigenvalue weighted by Gasteiger charge is 2.23. The van der Waals surface area contributed by atoms with Crippen LogP contribution in [0, 0.1) is 13.8 Å². The van der Waals surface area contributed by atoms with Crippen molar-refractivity contribution in [2.75, 3.05) is 38.0 Å². The summed E-state index contributed by atoms with van der Waals surface area (Å²) in [6.07, 6.45) is 1.56. The maximum atomic E-state index is 11.7. The second-order valence-corrected chi connectivity index (χ2v) is 5.90. The number of anilines is 1. The first-order valence-corrected chi connectivity index (χ1v) is 7.50. The Bertz CT molecular complexity index is 533. The van der Waals surface area contributed by atoms with Crippen LogP contribution in [0.1, 0.15) is 22.3 Å². The summed E-state index contributed by atoms with van der Waals surface area (Å²) in [4.78, 5) is 14.2. The van der Waals surface area contributed by atoms with Gasteiger partial charge in [0.2, 0.25) is 5.91 Å². The number of amides is 1. The average Bonchev–Trinajstić information content (AvgIpc) is 2.80. The number of fused-ring (bicyclic) bond motifs is 1. The van der Waals surface area contributed by atoms with Crippen molar-refractivity contribution < 1.29 is 4.79 Å². The van der Waals surface area contributed by atoms with E-state index in [1.807, 2.05) is 0 Å². The molecule has 0 saturated carbocycles. The van der Waals surface area contributed by atoms with E-state index in [1.54, 1.807) is 0 Å². The normalized spacial score (nSPS) is 19.0. The van der Waals surface area contributed by atoms with Crippen LogP contribution >= 0.6 is 0 Å². The maximum Gasteiger partial charge on any atom is 0.228 e. The van der Waals surface area contributed by atoms with E-state index < -0.39 is 0 Å². The summed E-state index contributed by atoms with van der Waals surface area (Å²) in [5.74, 6) is 0.133. The summed E-state index contributed by atoms with van der Waals surface area (Å²) in [5, 5.41) is 6.43. The molecule has 108 valence electrons. The summed E-state index contributed by atoms with van der Waals surface area (Å²) < 4.78 is 0. The Morgan fingerprint density at radius 3 is 2.75 bits per heavy atom. The van der Waals surface area contributed by atoms with Crippen LogP contribution in [0.25, 0.3) is 0 Å². The average molecular weight is 273 g/mol. The zero-order chi connectivity index (χ0) is 14.1. The zero-order valence-corrected chi connectivity index (χ0v) is 12.4. The van der Waals surface area contributed by atoms with Gasteiger partial charge in [-0.1, -0.05) is 6.07 Å². The number of nitrogens with one attached hydrogen (secondary N) is 2. The molecule has 0 aromatic heterocycles. The standard InChI is InChI=1S/C16H23N3O/c1-11-9-13-10-15(20)18-16(13)14(12(11)2)3-6-19-7-4-17-5-8-19/h9,17H,3-8,10H2,1-2H3,(H,18,20). The fourth-order valence-electron chi connectivity index (χ4n) is 3.23. The minimum Gasteiger partial charge on any atom is -0.325 e. The van der Waals surface area contributed by atoms with Gasteiger partial charge in [-0.3, -0.25) is 4.79 Å². The number of carbonyl (C=O) groups is 1. The third kappa shape index (κ3) is 2.58. The van der Waals surface area contributed by atoms with Crippen LogP contribution in [0.15, 0.2) is 6.07 Å². The number of hydrogen-bond acceptors (Lipinski definition) is 3. The maximum absolute atomic E-state index is 11.7. The summed E-state index contributed by atoms with van der Waals surface area (Å²) in [6.45, 7) is 9.82. The topological polar surface area (TPSA) is 44.4 Å². The third-order valence-corrected chi connectivity index (χ3v) is 4.56. The zero-order valence-electron chi connectivity index (χ0n) is 12.4. The molecule has 1 aromatic carbocycles. The Morgan fingerprint density at radius 1 is 1.25 bits per heavy atom. The smallest absolute Gasteiger partial charge is 0.228 e. The molecular weight excluding hydrogens is 250 g/mol. The number of nitrogens with zero attached hydrogens (tertiary/aromatic N) is 1. The summed E-state index contributed by atoms with van der Waals surface area (Å²) in [6, 6.07) is 2.16. The van der Waals surface area contributed by atoms with Crippen molar-refractivity contribution in [1.82, 2.24) is 10.2 Å². The van der Waals surface area contributed by atoms with Gasteiger partial charge >= 0.3 is 0 Å². The fraction of sp³-hybridized carbons (Fsp3) is 0.562. The molecule has 4 nitrogen and oxygen atoms in total. The Morgan fingerprint density at radius 2 is 2.00 bits per heavy atom. The van der Waals surface area contributed by atoms with Crippen molar-refractivity contribution >= 4 is 11.6 Å². The molecule has 3 rings (SSSR count). The molecule has 4 heteroatoms. The number of aryl methyl sites for hydroxylation is 1. The molecule has 1 amide bonds. The van der Waals surface area contributed by atoms with Gasteiger partial charge in [0.1, 0.15) is 0 Å². The van der Waals surface area contributed by atoms with Crippen LogP contribution in [0.3, 0.4) is 0 Å². The van der Waals surface area contributed by atoms with Gasteiger partial charge in [0.25, 0.3) is 0 Å². The van der Waals surface area contributed by atoms with E-state index in [1.165, 1.54) is 22.3 Å². The SMILES string of the molecule is Cc1cc2c(c(CCN3CCNCC3)c1C)NC(=O)C2. The minimum absolute atomic E-state index is 0.133. The second kappa shape index (κ2) is 5.54. The molecule has 2 N–H and O–H groups in total. The van der Waals surface area contributed by atoms with Crippen LogP contribution in [0.5, 0.6) is 0 Å². The van der Waals surface area contributed by atoms with E-state index in [-0.39, 0.29) is 5.91 Å². The number of benzene rings is 1. The van der Waals surface area contributed by atoms with Crippen LogP contribution in [0.4, 0.5) is 5.69 Å². The molecule has 0 aliphatic carbocycles. The lowest BCUT2D eigenvalue weighted by atomic mass is 9.95. The Labute approximate surface area is 120 Å². The first-order valence-electron chi connectivity index (χ1n) is 7.50. The van der Waals surface area contributed by atoms with E-state index in [0.29, 0.717) is 6.42 Å². The summed E-state index contributed by atoms with van der Waals surface area (Å²) in [7, 11) is 0. The highest BCUT2D eigenvalue weighted by Crippen LogP contribution is 2.32. The van der Waals surface area contributed by atoms with Crippen molar-refractivity contribution in [3.63, 3.8) is 0 Å². The lowest BCUT2D eigenvalue weighted by molar-refractivity contribution is -0.115. The molecule has 20 heavy (non-hydrogen) atoms. The van der Waals surface area contributed by atoms with Gasteiger partial charge in [-0.15, -0.1) is 0 Å². The van der Waals surface area contributed by atoms with Crippen LogP contribution < -0.4 is 10.6 Å². The second-order valence-electron chi connectivity index (χ2n) is 5.90. The number of rotatable bonds is 3. The fourth-order valence-corrected chi connectivity index (χ4v) is 3.23. The van der Waals surface area contributed by atoms with Crippen LogP contribution in [-0.2, 0) is 17.6 Å². The van der Waals surface area contributed by atoms with E-state index in [4.69, 9.17) is 0 Å². The van der Waals surface area contributed by atoms with Gasteiger partial charge < -0.3 is 15.5 Å². The summed E-state index contributed by atoms with van der Waals surface area (Å²) in [5.41, 5.74) is 6.24. The van der Waals surface area contributed by atoms with E-state index >= 15 is 0 Å². The third-order valence-electron chi connectivity index (χ3n) is 4.56. The van der Waals surface area contributed by atoms with Crippen LogP contribution in [-0.4, -0.2) is 43.5 Å². The molecule has 1 fully saturated rings. The van der Waals surface area contributed by atoms with Gasteiger partial charge in [-0.05, 0) is 42.5 Å². The number of carbonyl (C=O) groups excluding carboxylic acids is 1. The van der Waals surface area contributed by atoms with Gasteiger partial charge in [0, 0.05) is 38.4 Å². The van der Waals surface area contributed by atoms with Crippen molar-refractivity contribution in [3.8, 4) is 0 Å². The largest absolute Gasteiger partial charge is 0.325 e. The molecule has 0 atom stereocenters. The summed E-state index contributed by atoms with van der Waals surface area (Å²) >= 11 is 0. The minimum atomic E-state index is 0.133. The Kier molecular flexibility index (Phi) is 3.76. The van der Waals surface area contributed by atoms with Crippen molar-refractivity contribution in [3.05, 3.63) is 28.3 Å². The molecule has 0 radical (unpaired) electrons. The molecule has 2 heterocycles. The molecule has 2 aliphatic heterocycles. The van der Waals surface area contributed by atoms with Crippen molar-refractivity contribution in [1.29, 1.82) is 0 Å². The van der Waals surface area contributed by atoms with E-state index in [9.17, 15) is 4.79 Å². The monoisotopic (exact) mass is 273 g/mol. The predicted octanol–water partition coefficient (Wildman–Crippen LogP) is 1.25. The number of piperazine rings is 1. The van der Waals surface area contributed by atoms with Gasteiger partial charge in [-0.2, -0.15) is 0 Å².